The maximum absolute atomic E-state index is 11.6. The highest BCUT2D eigenvalue weighted by molar-refractivity contribution is 5.76. The second kappa shape index (κ2) is 6.36. The van der Waals surface area contributed by atoms with Crippen molar-refractivity contribution in [3.05, 3.63) is 29.6 Å². The van der Waals surface area contributed by atoms with Crippen molar-refractivity contribution in [3.63, 3.8) is 0 Å². The highest BCUT2D eigenvalue weighted by Crippen LogP contribution is 2.20. The summed E-state index contributed by atoms with van der Waals surface area (Å²) in [7, 11) is 1.65. The minimum absolute atomic E-state index is 0.249. The van der Waals surface area contributed by atoms with Gasteiger partial charge >= 0.3 is 0 Å². The van der Waals surface area contributed by atoms with Crippen LogP contribution in [0.3, 0.4) is 0 Å². The fourth-order valence-corrected chi connectivity index (χ4v) is 2.25. The lowest BCUT2D eigenvalue weighted by molar-refractivity contribution is -0.131. The number of aromatic nitrogens is 1. The molecule has 0 atom stereocenters. The van der Waals surface area contributed by atoms with E-state index in [0.717, 1.165) is 37.4 Å². The third kappa shape index (κ3) is 3.56. The molecule has 2 rings (SSSR count). The Kier molecular flexibility index (Phi) is 4.55. The van der Waals surface area contributed by atoms with Crippen molar-refractivity contribution in [3.8, 4) is 5.75 Å². The molecule has 1 aromatic heterocycles. The molecule has 1 aromatic rings. The lowest BCUT2D eigenvalue weighted by atomic mass is 10.0. The van der Waals surface area contributed by atoms with Crippen molar-refractivity contribution < 1.29 is 9.53 Å². The molecule has 1 aliphatic heterocycles. The topological polar surface area (TPSA) is 42.4 Å². The summed E-state index contributed by atoms with van der Waals surface area (Å²) in [5.41, 5.74) is 2.27. The second-order valence-corrected chi connectivity index (χ2v) is 4.66. The maximum Gasteiger partial charge on any atom is 0.222 e. The van der Waals surface area contributed by atoms with Crippen molar-refractivity contribution in [2.24, 2.45) is 0 Å². The summed E-state index contributed by atoms with van der Waals surface area (Å²) < 4.78 is 5.18. The largest absolute Gasteiger partial charge is 0.497 e. The first-order valence-electron chi connectivity index (χ1n) is 6.70. The van der Waals surface area contributed by atoms with Gasteiger partial charge in [0.2, 0.25) is 5.91 Å². The van der Waals surface area contributed by atoms with Crippen LogP contribution in [0.5, 0.6) is 5.75 Å². The van der Waals surface area contributed by atoms with Crippen LogP contribution >= 0.6 is 0 Å². The highest BCUT2D eigenvalue weighted by atomic mass is 16.5. The van der Waals surface area contributed by atoms with Crippen LogP contribution in [-0.4, -0.2) is 36.0 Å². The zero-order valence-electron chi connectivity index (χ0n) is 11.6. The third-order valence-electron chi connectivity index (χ3n) is 3.40. The molecule has 2 heterocycles. The molecular weight excluding hydrogens is 240 g/mol. The van der Waals surface area contributed by atoms with Gasteiger partial charge in [0.25, 0.3) is 0 Å². The highest BCUT2D eigenvalue weighted by Gasteiger charge is 2.17. The van der Waals surface area contributed by atoms with E-state index in [-0.39, 0.29) is 5.91 Å². The molecule has 0 spiro atoms. The molecular formula is C15H20N2O2. The molecule has 0 radical (unpaired) electrons. The van der Waals surface area contributed by atoms with Crippen LogP contribution in [0.2, 0.25) is 0 Å². The molecule has 19 heavy (non-hydrogen) atoms. The number of methoxy groups -OCH3 is 1. The van der Waals surface area contributed by atoms with Crippen LogP contribution in [0.4, 0.5) is 0 Å². The smallest absolute Gasteiger partial charge is 0.222 e. The van der Waals surface area contributed by atoms with Gasteiger partial charge in [-0.3, -0.25) is 9.78 Å². The molecule has 102 valence electrons. The fourth-order valence-electron chi connectivity index (χ4n) is 2.25. The van der Waals surface area contributed by atoms with Gasteiger partial charge in [0, 0.05) is 31.8 Å². The molecule has 0 bridgehead atoms. The molecule has 4 nitrogen and oxygen atoms in total. The van der Waals surface area contributed by atoms with Gasteiger partial charge < -0.3 is 9.64 Å². The van der Waals surface area contributed by atoms with Crippen molar-refractivity contribution in [1.29, 1.82) is 0 Å². The number of hydrogen-bond acceptors (Lipinski definition) is 3. The molecule has 0 aliphatic carbocycles. The van der Waals surface area contributed by atoms with E-state index in [2.05, 4.69) is 11.1 Å². The Labute approximate surface area is 114 Å². The average molecular weight is 260 g/mol. The quantitative estimate of drug-likeness (QED) is 0.838. The monoisotopic (exact) mass is 260 g/mol. The molecule has 1 saturated heterocycles. The second-order valence-electron chi connectivity index (χ2n) is 4.66. The molecule has 0 saturated carbocycles. The Morgan fingerprint density at radius 2 is 2.21 bits per heavy atom. The van der Waals surface area contributed by atoms with Crippen LogP contribution in [0.1, 0.15) is 31.9 Å². The van der Waals surface area contributed by atoms with Gasteiger partial charge in [-0.1, -0.05) is 12.5 Å². The minimum Gasteiger partial charge on any atom is -0.497 e. The molecule has 4 heteroatoms. The van der Waals surface area contributed by atoms with Gasteiger partial charge in [-0.25, -0.2) is 0 Å². The Morgan fingerprint density at radius 1 is 1.47 bits per heavy atom. The Hall–Kier alpha value is -1.84. The molecule has 0 unspecified atom stereocenters. The van der Waals surface area contributed by atoms with Gasteiger partial charge in [0.1, 0.15) is 5.75 Å². The number of carbonyl (C=O) groups is 1. The number of nitrogens with zero attached hydrogens (tertiary/aromatic N) is 2. The SMILES string of the molecule is CCC(=O)N1CCC(=Cc2cc(OC)ccn2)CC1. The van der Waals surface area contributed by atoms with E-state index >= 15 is 0 Å². The summed E-state index contributed by atoms with van der Waals surface area (Å²) in [6.07, 6.45) is 6.32. The summed E-state index contributed by atoms with van der Waals surface area (Å²) in [5, 5.41) is 0. The van der Waals surface area contributed by atoms with Crippen molar-refractivity contribution in [2.75, 3.05) is 20.2 Å². The van der Waals surface area contributed by atoms with Crippen molar-refractivity contribution >= 4 is 12.0 Å². The van der Waals surface area contributed by atoms with Crippen molar-refractivity contribution in [1.82, 2.24) is 9.88 Å². The van der Waals surface area contributed by atoms with E-state index in [1.807, 2.05) is 24.0 Å². The van der Waals surface area contributed by atoms with E-state index in [4.69, 9.17) is 4.74 Å². The lowest BCUT2D eigenvalue weighted by Crippen LogP contribution is -2.35. The van der Waals surface area contributed by atoms with Gasteiger partial charge in [0.05, 0.1) is 12.8 Å². The zero-order valence-corrected chi connectivity index (χ0v) is 11.6. The third-order valence-corrected chi connectivity index (χ3v) is 3.40. The molecule has 0 N–H and O–H groups in total. The van der Waals surface area contributed by atoms with Crippen LogP contribution in [0, 0.1) is 0 Å². The standard InChI is InChI=1S/C15H20N2O2/c1-3-15(18)17-8-5-12(6-9-17)10-13-11-14(19-2)4-7-16-13/h4,7,10-11H,3,5-6,8-9H2,1-2H3. The number of hydrogen-bond donors (Lipinski definition) is 0. The van der Waals surface area contributed by atoms with Gasteiger partial charge in [-0.2, -0.15) is 0 Å². The van der Waals surface area contributed by atoms with E-state index < -0.39 is 0 Å². The zero-order chi connectivity index (χ0) is 13.7. The predicted octanol–water partition coefficient (Wildman–Crippen LogP) is 2.51. The maximum atomic E-state index is 11.6. The Bertz CT molecular complexity index is 473. The van der Waals surface area contributed by atoms with Crippen LogP contribution in [-0.2, 0) is 4.79 Å². The minimum atomic E-state index is 0.249. The molecule has 1 amide bonds. The first-order valence-corrected chi connectivity index (χ1v) is 6.70. The normalized spacial score (nSPS) is 15.3. The molecule has 1 aliphatic rings. The van der Waals surface area contributed by atoms with Gasteiger partial charge in [-0.05, 0) is 25.0 Å². The summed E-state index contributed by atoms with van der Waals surface area (Å²) >= 11 is 0. The summed E-state index contributed by atoms with van der Waals surface area (Å²) in [5.74, 6) is 1.07. The van der Waals surface area contributed by atoms with E-state index in [9.17, 15) is 4.79 Å². The number of carbonyl (C=O) groups excluding carboxylic acids is 1. The fraction of sp³-hybridized carbons (Fsp3) is 0.467. The number of amides is 1. The van der Waals surface area contributed by atoms with E-state index in [1.165, 1.54) is 5.57 Å². The Morgan fingerprint density at radius 3 is 2.84 bits per heavy atom. The lowest BCUT2D eigenvalue weighted by Gasteiger charge is -2.28. The van der Waals surface area contributed by atoms with Gasteiger partial charge in [0.15, 0.2) is 0 Å². The van der Waals surface area contributed by atoms with E-state index in [1.54, 1.807) is 13.3 Å². The average Bonchev–Trinajstić information content (AvgIpc) is 2.47. The van der Waals surface area contributed by atoms with Gasteiger partial charge in [-0.15, -0.1) is 0 Å². The predicted molar refractivity (Wildman–Crippen MR) is 74.9 cm³/mol. The summed E-state index contributed by atoms with van der Waals surface area (Å²) in [4.78, 5) is 17.8. The summed E-state index contributed by atoms with van der Waals surface area (Å²) in [6.45, 7) is 3.55. The first-order chi connectivity index (χ1) is 9.22. The van der Waals surface area contributed by atoms with Crippen LogP contribution in [0.25, 0.3) is 6.08 Å². The molecule has 1 fully saturated rings. The summed E-state index contributed by atoms with van der Waals surface area (Å²) in [6, 6.07) is 3.76. The van der Waals surface area contributed by atoms with E-state index in [0.29, 0.717) is 6.42 Å². The Balaban J connectivity index is 2.00. The molecule has 0 aromatic carbocycles. The number of ether oxygens (including phenoxy) is 1. The first kappa shape index (κ1) is 13.6. The number of rotatable bonds is 3. The number of piperidine rings is 1. The van der Waals surface area contributed by atoms with Crippen LogP contribution < -0.4 is 4.74 Å². The number of likely N-dealkylation sites (tertiary alicyclic amines) is 1. The van der Waals surface area contributed by atoms with Crippen LogP contribution in [0.15, 0.2) is 23.9 Å². The number of pyridine rings is 1. The van der Waals surface area contributed by atoms with Crippen molar-refractivity contribution in [2.45, 2.75) is 26.2 Å².